The zero-order valence-electron chi connectivity index (χ0n) is 11.9. The van der Waals surface area contributed by atoms with Crippen molar-refractivity contribution in [3.05, 3.63) is 65.7 Å². The Hall–Kier alpha value is -1.61. The summed E-state index contributed by atoms with van der Waals surface area (Å²) in [6.45, 7) is 4.26. The van der Waals surface area contributed by atoms with Crippen LogP contribution in [0.15, 0.2) is 59.5 Å². The van der Waals surface area contributed by atoms with E-state index in [1.165, 1.54) is 0 Å². The van der Waals surface area contributed by atoms with E-state index in [1.54, 1.807) is 12.1 Å². The van der Waals surface area contributed by atoms with Gasteiger partial charge < -0.3 is 0 Å². The van der Waals surface area contributed by atoms with Crippen LogP contribution in [-0.2, 0) is 22.0 Å². The third-order valence-electron chi connectivity index (χ3n) is 3.10. The van der Waals surface area contributed by atoms with Crippen molar-refractivity contribution in [3.8, 4) is 0 Å². The van der Waals surface area contributed by atoms with Gasteiger partial charge in [0, 0.05) is 0 Å². The van der Waals surface area contributed by atoms with Gasteiger partial charge in [0.1, 0.15) is 0 Å². The summed E-state index contributed by atoms with van der Waals surface area (Å²) >= 11 is 0. The maximum Gasteiger partial charge on any atom is 0.182 e. The van der Waals surface area contributed by atoms with E-state index < -0.39 is 9.84 Å². The Balaban J connectivity index is 2.25. The highest BCUT2D eigenvalue weighted by atomic mass is 32.2. The Morgan fingerprint density at radius 2 is 1.55 bits per heavy atom. The standard InChI is InChI=1S/C17H20O2S/c1-14(2)11-16-9-6-10-17(12-16)20(18,19)13-15-7-4-3-5-8-15/h3-10,12,14H,11,13H2,1-2H3. The highest BCUT2D eigenvalue weighted by molar-refractivity contribution is 7.90. The largest absolute Gasteiger partial charge is 0.223 e. The molecule has 2 aromatic rings. The van der Waals surface area contributed by atoms with E-state index in [0.29, 0.717) is 10.8 Å². The molecule has 0 bridgehead atoms. The maximum absolute atomic E-state index is 12.4. The quantitative estimate of drug-likeness (QED) is 0.837. The molecule has 0 aromatic heterocycles. The summed E-state index contributed by atoms with van der Waals surface area (Å²) in [6.07, 6.45) is 0.898. The highest BCUT2D eigenvalue weighted by Crippen LogP contribution is 2.19. The summed E-state index contributed by atoms with van der Waals surface area (Å²) in [6, 6.07) is 16.6. The molecule has 0 heterocycles. The molecular weight excluding hydrogens is 268 g/mol. The molecule has 0 aliphatic heterocycles. The Kier molecular flexibility index (Phi) is 4.61. The van der Waals surface area contributed by atoms with Crippen LogP contribution in [0.1, 0.15) is 25.0 Å². The van der Waals surface area contributed by atoms with E-state index in [4.69, 9.17) is 0 Å². The summed E-state index contributed by atoms with van der Waals surface area (Å²) < 4.78 is 24.9. The van der Waals surface area contributed by atoms with Crippen LogP contribution in [0.5, 0.6) is 0 Å². The number of rotatable bonds is 5. The SMILES string of the molecule is CC(C)Cc1cccc(S(=O)(=O)Cc2ccccc2)c1. The lowest BCUT2D eigenvalue weighted by Crippen LogP contribution is -2.06. The first-order valence-electron chi connectivity index (χ1n) is 6.83. The Morgan fingerprint density at radius 1 is 0.900 bits per heavy atom. The van der Waals surface area contributed by atoms with Crippen molar-refractivity contribution in [2.45, 2.75) is 30.9 Å². The van der Waals surface area contributed by atoms with E-state index in [0.717, 1.165) is 17.5 Å². The van der Waals surface area contributed by atoms with Gasteiger partial charge in [0.25, 0.3) is 0 Å². The summed E-state index contributed by atoms with van der Waals surface area (Å²) in [4.78, 5) is 0.416. The lowest BCUT2D eigenvalue weighted by molar-refractivity contribution is 0.594. The van der Waals surface area contributed by atoms with E-state index >= 15 is 0 Å². The van der Waals surface area contributed by atoms with Crippen LogP contribution in [-0.4, -0.2) is 8.42 Å². The molecule has 0 atom stereocenters. The molecule has 0 aliphatic carbocycles. The molecule has 3 heteroatoms. The molecule has 20 heavy (non-hydrogen) atoms. The fourth-order valence-corrected chi connectivity index (χ4v) is 3.63. The summed E-state index contributed by atoms with van der Waals surface area (Å²) in [7, 11) is -3.27. The van der Waals surface area contributed by atoms with Crippen molar-refractivity contribution in [3.63, 3.8) is 0 Å². The van der Waals surface area contributed by atoms with Crippen molar-refractivity contribution >= 4 is 9.84 Å². The number of hydrogen-bond donors (Lipinski definition) is 0. The average Bonchev–Trinajstić information content (AvgIpc) is 2.39. The van der Waals surface area contributed by atoms with Crippen LogP contribution in [0, 0.1) is 5.92 Å². The summed E-state index contributed by atoms with van der Waals surface area (Å²) in [5.41, 5.74) is 1.90. The zero-order valence-corrected chi connectivity index (χ0v) is 12.7. The van der Waals surface area contributed by atoms with Crippen LogP contribution in [0.2, 0.25) is 0 Å². The molecule has 2 aromatic carbocycles. The van der Waals surface area contributed by atoms with Crippen molar-refractivity contribution < 1.29 is 8.42 Å². The van der Waals surface area contributed by atoms with Crippen LogP contribution < -0.4 is 0 Å². The minimum absolute atomic E-state index is 0.0545. The molecule has 2 nitrogen and oxygen atoms in total. The van der Waals surface area contributed by atoms with Crippen molar-refractivity contribution in [1.82, 2.24) is 0 Å². The van der Waals surface area contributed by atoms with Gasteiger partial charge >= 0.3 is 0 Å². The second-order valence-electron chi connectivity index (χ2n) is 5.49. The first-order chi connectivity index (χ1) is 9.47. The monoisotopic (exact) mass is 288 g/mol. The van der Waals surface area contributed by atoms with Crippen LogP contribution in [0.25, 0.3) is 0 Å². The highest BCUT2D eigenvalue weighted by Gasteiger charge is 2.15. The van der Waals surface area contributed by atoms with Gasteiger partial charge in [0.2, 0.25) is 0 Å². The molecule has 0 saturated carbocycles. The molecule has 0 saturated heterocycles. The third kappa shape index (κ3) is 3.94. The second kappa shape index (κ2) is 6.23. The van der Waals surface area contributed by atoms with Crippen LogP contribution in [0.4, 0.5) is 0 Å². The average molecular weight is 288 g/mol. The molecular formula is C17H20O2S. The Bertz CT molecular complexity index is 658. The fourth-order valence-electron chi connectivity index (χ4n) is 2.21. The first kappa shape index (κ1) is 14.8. The van der Waals surface area contributed by atoms with Crippen LogP contribution >= 0.6 is 0 Å². The Morgan fingerprint density at radius 3 is 2.20 bits per heavy atom. The molecule has 2 rings (SSSR count). The van der Waals surface area contributed by atoms with Gasteiger partial charge in [-0.05, 0) is 35.6 Å². The van der Waals surface area contributed by atoms with E-state index in [-0.39, 0.29) is 5.75 Å². The van der Waals surface area contributed by atoms with Gasteiger partial charge in [0.05, 0.1) is 10.6 Å². The first-order valence-corrected chi connectivity index (χ1v) is 8.48. The number of hydrogen-bond acceptors (Lipinski definition) is 2. The van der Waals surface area contributed by atoms with Gasteiger partial charge in [-0.25, -0.2) is 8.42 Å². The molecule has 0 aliphatic rings. The summed E-state index contributed by atoms with van der Waals surface area (Å²) in [5, 5.41) is 0. The van der Waals surface area contributed by atoms with Crippen molar-refractivity contribution in [1.29, 1.82) is 0 Å². The smallest absolute Gasteiger partial charge is 0.182 e. The predicted molar refractivity (Wildman–Crippen MR) is 82.3 cm³/mol. The predicted octanol–water partition coefficient (Wildman–Crippen LogP) is 3.86. The van der Waals surface area contributed by atoms with Gasteiger partial charge in [0.15, 0.2) is 9.84 Å². The third-order valence-corrected chi connectivity index (χ3v) is 4.79. The topological polar surface area (TPSA) is 34.1 Å². The minimum Gasteiger partial charge on any atom is -0.223 e. The van der Waals surface area contributed by atoms with Crippen molar-refractivity contribution in [2.75, 3.05) is 0 Å². The summed E-state index contributed by atoms with van der Waals surface area (Å²) in [5.74, 6) is 0.570. The molecule has 0 unspecified atom stereocenters. The fraction of sp³-hybridized carbons (Fsp3) is 0.294. The molecule has 0 N–H and O–H groups in total. The Labute approximate surface area is 121 Å². The number of sulfone groups is 1. The van der Waals surface area contributed by atoms with Crippen molar-refractivity contribution in [2.24, 2.45) is 5.92 Å². The van der Waals surface area contributed by atoms with E-state index in [1.807, 2.05) is 42.5 Å². The minimum atomic E-state index is -3.27. The molecule has 0 fully saturated rings. The van der Waals surface area contributed by atoms with Crippen LogP contribution in [0.3, 0.4) is 0 Å². The molecule has 0 spiro atoms. The second-order valence-corrected chi connectivity index (χ2v) is 7.48. The zero-order chi connectivity index (χ0) is 14.6. The van der Waals surface area contributed by atoms with E-state index in [2.05, 4.69) is 13.8 Å². The maximum atomic E-state index is 12.4. The van der Waals surface area contributed by atoms with Gasteiger partial charge in [-0.1, -0.05) is 56.3 Å². The van der Waals surface area contributed by atoms with Gasteiger partial charge in [-0.2, -0.15) is 0 Å². The van der Waals surface area contributed by atoms with Gasteiger partial charge in [-0.3, -0.25) is 0 Å². The molecule has 106 valence electrons. The molecule has 0 amide bonds. The lowest BCUT2D eigenvalue weighted by atomic mass is 10.0. The normalized spacial score (nSPS) is 11.8. The number of benzene rings is 2. The lowest BCUT2D eigenvalue weighted by Gasteiger charge is -2.09. The van der Waals surface area contributed by atoms with E-state index in [9.17, 15) is 8.42 Å². The van der Waals surface area contributed by atoms with Gasteiger partial charge in [-0.15, -0.1) is 0 Å². The molecule has 0 radical (unpaired) electrons.